The Kier molecular flexibility index (Phi) is 4.23. The number of nitrogens with zero attached hydrogens (tertiary/aromatic N) is 1. The van der Waals surface area contributed by atoms with Gasteiger partial charge in [-0.1, -0.05) is 48.5 Å². The van der Waals surface area contributed by atoms with Crippen molar-refractivity contribution in [2.45, 2.75) is 31.8 Å². The minimum Gasteiger partial charge on any atom is -0.448 e. The van der Waals surface area contributed by atoms with Crippen LogP contribution < -0.4 is 0 Å². The molecule has 2 aromatic rings. The summed E-state index contributed by atoms with van der Waals surface area (Å²) in [4.78, 5) is 14.2. The van der Waals surface area contributed by atoms with E-state index in [0.717, 1.165) is 6.42 Å². The number of likely N-dealkylation sites (tertiary alicyclic amines) is 1. The molecule has 2 aliphatic rings. The van der Waals surface area contributed by atoms with Crippen LogP contribution in [0.5, 0.6) is 0 Å². The number of benzene rings is 2. The highest BCUT2D eigenvalue weighted by molar-refractivity contribution is 5.79. The number of fused-ring (bicyclic) bond motifs is 3. The minimum atomic E-state index is -0.766. The Morgan fingerprint density at radius 3 is 2.23 bits per heavy atom. The van der Waals surface area contributed by atoms with Crippen molar-refractivity contribution in [1.82, 2.24) is 4.90 Å². The molecule has 4 nitrogen and oxygen atoms in total. The highest BCUT2D eigenvalue weighted by atomic mass is 16.6. The van der Waals surface area contributed by atoms with Gasteiger partial charge in [0, 0.05) is 24.9 Å². The standard InChI is InChI=1S/C22H25NO3/c1-22(2,25)15-11-12-23(13-15)21(24)26-14-20-18-9-5-3-7-16(18)17-8-4-6-10-19(17)20/h3-10,15,20,25H,11-14H2,1-2H3. The van der Waals surface area contributed by atoms with Crippen molar-refractivity contribution in [1.29, 1.82) is 0 Å². The number of carbonyl (C=O) groups is 1. The van der Waals surface area contributed by atoms with E-state index < -0.39 is 5.60 Å². The van der Waals surface area contributed by atoms with Gasteiger partial charge in [-0.25, -0.2) is 4.79 Å². The van der Waals surface area contributed by atoms with Crippen molar-refractivity contribution < 1.29 is 14.6 Å². The number of hydrogen-bond acceptors (Lipinski definition) is 3. The molecule has 136 valence electrons. The van der Waals surface area contributed by atoms with Crippen molar-refractivity contribution in [3.05, 3.63) is 59.7 Å². The van der Waals surface area contributed by atoms with Crippen molar-refractivity contribution in [3.8, 4) is 11.1 Å². The number of carbonyl (C=O) groups excluding carboxylic acids is 1. The molecule has 0 spiro atoms. The predicted molar refractivity (Wildman–Crippen MR) is 101 cm³/mol. The molecule has 0 aromatic heterocycles. The molecule has 4 heteroatoms. The molecule has 0 radical (unpaired) electrons. The third kappa shape index (κ3) is 2.99. The van der Waals surface area contributed by atoms with E-state index >= 15 is 0 Å². The molecule has 1 aliphatic heterocycles. The molecule has 1 amide bonds. The number of ether oxygens (including phenoxy) is 1. The van der Waals surface area contributed by atoms with Gasteiger partial charge >= 0.3 is 6.09 Å². The van der Waals surface area contributed by atoms with Crippen molar-refractivity contribution in [3.63, 3.8) is 0 Å². The average Bonchev–Trinajstić information content (AvgIpc) is 3.23. The summed E-state index contributed by atoms with van der Waals surface area (Å²) in [6, 6.07) is 16.7. The summed E-state index contributed by atoms with van der Waals surface area (Å²) in [7, 11) is 0. The van der Waals surface area contributed by atoms with E-state index in [-0.39, 0.29) is 17.9 Å². The van der Waals surface area contributed by atoms with Crippen molar-refractivity contribution in [2.75, 3.05) is 19.7 Å². The second kappa shape index (κ2) is 6.44. The molecular weight excluding hydrogens is 326 g/mol. The molecule has 26 heavy (non-hydrogen) atoms. The normalized spacial score (nSPS) is 19.3. The Balaban J connectivity index is 1.46. The zero-order valence-electron chi connectivity index (χ0n) is 15.3. The van der Waals surface area contributed by atoms with Crippen LogP contribution >= 0.6 is 0 Å². The van der Waals surface area contributed by atoms with Gasteiger partial charge in [-0.2, -0.15) is 0 Å². The Hall–Kier alpha value is -2.33. The van der Waals surface area contributed by atoms with Gasteiger partial charge in [-0.05, 0) is 42.5 Å². The molecule has 1 aliphatic carbocycles. The van der Waals surface area contributed by atoms with Crippen LogP contribution in [0.1, 0.15) is 37.3 Å². The molecule has 1 fully saturated rings. The van der Waals surface area contributed by atoms with Gasteiger partial charge in [0.2, 0.25) is 0 Å². The summed E-state index contributed by atoms with van der Waals surface area (Å²) in [6.07, 6.45) is 0.534. The number of rotatable bonds is 3. The summed E-state index contributed by atoms with van der Waals surface area (Å²) in [6.45, 7) is 5.15. The van der Waals surface area contributed by atoms with Gasteiger partial charge in [0.05, 0.1) is 5.60 Å². The fourth-order valence-electron chi connectivity index (χ4n) is 4.19. The van der Waals surface area contributed by atoms with Gasteiger partial charge in [-0.15, -0.1) is 0 Å². The largest absolute Gasteiger partial charge is 0.448 e. The van der Waals surface area contributed by atoms with Crippen LogP contribution in [-0.4, -0.2) is 41.4 Å². The lowest BCUT2D eigenvalue weighted by Gasteiger charge is -2.25. The fourth-order valence-corrected chi connectivity index (χ4v) is 4.19. The first-order valence-electron chi connectivity index (χ1n) is 9.27. The molecule has 4 rings (SSSR count). The van der Waals surface area contributed by atoms with E-state index in [1.54, 1.807) is 18.7 Å². The summed E-state index contributed by atoms with van der Waals surface area (Å²) in [5.41, 5.74) is 4.13. The third-order valence-corrected chi connectivity index (χ3v) is 5.78. The Morgan fingerprint density at radius 1 is 1.12 bits per heavy atom. The van der Waals surface area contributed by atoms with Gasteiger partial charge < -0.3 is 14.7 Å². The zero-order valence-corrected chi connectivity index (χ0v) is 15.3. The first-order chi connectivity index (χ1) is 12.4. The molecule has 1 N–H and O–H groups in total. The Labute approximate surface area is 154 Å². The highest BCUT2D eigenvalue weighted by Crippen LogP contribution is 2.44. The molecule has 1 heterocycles. The van der Waals surface area contributed by atoms with Crippen LogP contribution in [0.25, 0.3) is 11.1 Å². The van der Waals surface area contributed by atoms with E-state index in [4.69, 9.17) is 4.74 Å². The van der Waals surface area contributed by atoms with Crippen molar-refractivity contribution in [2.24, 2.45) is 5.92 Å². The molecule has 2 aromatic carbocycles. The monoisotopic (exact) mass is 351 g/mol. The van der Waals surface area contributed by atoms with Crippen LogP contribution in [0.15, 0.2) is 48.5 Å². The first kappa shape index (κ1) is 17.1. The summed E-state index contributed by atoms with van der Waals surface area (Å²) >= 11 is 0. The smallest absolute Gasteiger partial charge is 0.409 e. The maximum atomic E-state index is 12.5. The molecule has 1 unspecified atom stereocenters. The Morgan fingerprint density at radius 2 is 1.69 bits per heavy atom. The average molecular weight is 351 g/mol. The van der Waals surface area contributed by atoms with E-state index in [0.29, 0.717) is 19.7 Å². The van der Waals surface area contributed by atoms with E-state index in [1.807, 2.05) is 24.3 Å². The van der Waals surface area contributed by atoms with Gasteiger partial charge in [0.15, 0.2) is 0 Å². The number of hydrogen-bond donors (Lipinski definition) is 1. The summed E-state index contributed by atoms with van der Waals surface area (Å²) < 4.78 is 5.69. The van der Waals surface area contributed by atoms with Crippen LogP contribution in [0.2, 0.25) is 0 Å². The SMILES string of the molecule is CC(C)(O)C1CCN(C(=O)OCC2c3ccccc3-c3ccccc32)C1. The molecule has 0 bridgehead atoms. The maximum absolute atomic E-state index is 12.5. The van der Waals surface area contributed by atoms with Crippen LogP contribution in [0.4, 0.5) is 4.79 Å². The minimum absolute atomic E-state index is 0.0824. The third-order valence-electron chi connectivity index (χ3n) is 5.78. The van der Waals surface area contributed by atoms with Crippen LogP contribution in [-0.2, 0) is 4.74 Å². The first-order valence-corrected chi connectivity index (χ1v) is 9.27. The van der Waals surface area contributed by atoms with Crippen LogP contribution in [0, 0.1) is 5.92 Å². The van der Waals surface area contributed by atoms with E-state index in [2.05, 4.69) is 24.3 Å². The second-order valence-corrected chi connectivity index (χ2v) is 7.89. The molecule has 0 saturated carbocycles. The maximum Gasteiger partial charge on any atom is 0.409 e. The molecule has 1 atom stereocenters. The lowest BCUT2D eigenvalue weighted by Crippen LogP contribution is -2.36. The zero-order chi connectivity index (χ0) is 18.3. The lowest BCUT2D eigenvalue weighted by molar-refractivity contribution is 0.0205. The summed E-state index contributed by atoms with van der Waals surface area (Å²) in [5.74, 6) is 0.182. The van der Waals surface area contributed by atoms with Gasteiger partial charge in [-0.3, -0.25) is 0 Å². The molecule has 1 saturated heterocycles. The van der Waals surface area contributed by atoms with E-state index in [9.17, 15) is 9.90 Å². The quantitative estimate of drug-likeness (QED) is 0.908. The Bertz CT molecular complexity index is 779. The van der Waals surface area contributed by atoms with Crippen molar-refractivity contribution >= 4 is 6.09 Å². The highest BCUT2D eigenvalue weighted by Gasteiger charge is 2.36. The van der Waals surface area contributed by atoms with Gasteiger partial charge in [0.1, 0.15) is 6.61 Å². The molecular formula is C22H25NO3. The number of amides is 1. The summed E-state index contributed by atoms with van der Waals surface area (Å²) in [5, 5.41) is 10.2. The number of aliphatic hydroxyl groups is 1. The second-order valence-electron chi connectivity index (χ2n) is 7.89. The van der Waals surface area contributed by atoms with Gasteiger partial charge in [0.25, 0.3) is 0 Å². The lowest BCUT2D eigenvalue weighted by atomic mass is 9.91. The van der Waals surface area contributed by atoms with E-state index in [1.165, 1.54) is 22.3 Å². The topological polar surface area (TPSA) is 49.8 Å². The predicted octanol–water partition coefficient (Wildman–Crippen LogP) is 4.03. The fraction of sp³-hybridized carbons (Fsp3) is 0.409. The van der Waals surface area contributed by atoms with Crippen LogP contribution in [0.3, 0.4) is 0 Å².